The zero-order valence-corrected chi connectivity index (χ0v) is 15.2. The monoisotopic (exact) mass is 381 g/mol. The number of hydrogen-bond donors (Lipinski definition) is 1. The molecular formula is C15H19Cl4N3. The van der Waals surface area contributed by atoms with Crippen LogP contribution in [0.3, 0.4) is 0 Å². The summed E-state index contributed by atoms with van der Waals surface area (Å²) in [7, 11) is 0. The first kappa shape index (κ1) is 19.6. The van der Waals surface area contributed by atoms with Crippen LogP contribution in [-0.2, 0) is 0 Å². The molecule has 0 saturated carbocycles. The van der Waals surface area contributed by atoms with Crippen molar-refractivity contribution in [2.45, 2.75) is 0 Å². The predicted molar refractivity (Wildman–Crippen MR) is 100 cm³/mol. The maximum atomic E-state index is 5.99. The van der Waals surface area contributed by atoms with Crippen LogP contribution in [0.4, 0.5) is 5.69 Å². The van der Waals surface area contributed by atoms with Crippen molar-refractivity contribution in [3.8, 4) is 0 Å². The highest BCUT2D eigenvalue weighted by atomic mass is 35.5. The number of pyridine rings is 1. The first-order valence-corrected chi connectivity index (χ1v) is 8.31. The molecule has 0 aliphatic rings. The Balaban J connectivity index is 0.00000242. The van der Waals surface area contributed by atoms with Crippen LogP contribution in [0.2, 0.25) is 5.02 Å². The van der Waals surface area contributed by atoms with E-state index in [9.17, 15) is 0 Å². The number of nitrogens with one attached hydrogen (secondary N) is 1. The summed E-state index contributed by atoms with van der Waals surface area (Å²) in [5.41, 5.74) is 1.96. The second kappa shape index (κ2) is 10.3. The lowest BCUT2D eigenvalue weighted by atomic mass is 10.2. The lowest BCUT2D eigenvalue weighted by molar-refractivity contribution is 0.319. The van der Waals surface area contributed by atoms with Crippen LogP contribution in [0.1, 0.15) is 0 Å². The van der Waals surface area contributed by atoms with Crippen LogP contribution in [-0.4, -0.2) is 47.8 Å². The number of aromatic nitrogens is 1. The van der Waals surface area contributed by atoms with E-state index in [1.807, 2.05) is 24.3 Å². The quantitative estimate of drug-likeness (QED) is 0.681. The van der Waals surface area contributed by atoms with E-state index in [1.165, 1.54) is 0 Å². The molecule has 0 atom stereocenters. The number of halogens is 4. The van der Waals surface area contributed by atoms with Gasteiger partial charge >= 0.3 is 0 Å². The maximum Gasteiger partial charge on any atom is 0.0737 e. The Morgan fingerprint density at radius 3 is 2.45 bits per heavy atom. The van der Waals surface area contributed by atoms with Gasteiger partial charge in [0.1, 0.15) is 0 Å². The average molecular weight is 383 g/mol. The summed E-state index contributed by atoms with van der Waals surface area (Å²) in [5.74, 6) is 1.24. The number of hydrogen-bond acceptors (Lipinski definition) is 3. The molecule has 0 amide bonds. The summed E-state index contributed by atoms with van der Waals surface area (Å²) in [6.07, 6.45) is 1.79. The van der Waals surface area contributed by atoms with Gasteiger partial charge in [-0.15, -0.1) is 35.6 Å². The lowest BCUT2D eigenvalue weighted by Crippen LogP contribution is -2.32. The Bertz CT molecular complexity index is 574. The van der Waals surface area contributed by atoms with Crippen molar-refractivity contribution in [1.29, 1.82) is 0 Å². The number of benzene rings is 1. The molecule has 3 nitrogen and oxygen atoms in total. The molecule has 22 heavy (non-hydrogen) atoms. The molecule has 2 aromatic rings. The highest BCUT2D eigenvalue weighted by Gasteiger charge is 2.05. The molecule has 0 aliphatic heterocycles. The van der Waals surface area contributed by atoms with Crippen LogP contribution in [0.5, 0.6) is 0 Å². The molecule has 1 heterocycles. The molecule has 0 bridgehead atoms. The molecule has 1 N–H and O–H groups in total. The van der Waals surface area contributed by atoms with E-state index >= 15 is 0 Å². The minimum atomic E-state index is 0. The van der Waals surface area contributed by atoms with Crippen molar-refractivity contribution in [3.05, 3.63) is 35.5 Å². The van der Waals surface area contributed by atoms with Gasteiger partial charge in [-0.1, -0.05) is 11.6 Å². The summed E-state index contributed by atoms with van der Waals surface area (Å²) >= 11 is 17.6. The molecule has 0 aliphatic carbocycles. The van der Waals surface area contributed by atoms with E-state index in [4.69, 9.17) is 34.8 Å². The third-order valence-electron chi connectivity index (χ3n) is 3.25. The molecule has 1 aromatic carbocycles. The van der Waals surface area contributed by atoms with Gasteiger partial charge in [0.2, 0.25) is 0 Å². The normalized spacial score (nSPS) is 10.7. The Hall–Kier alpha value is -0.450. The van der Waals surface area contributed by atoms with E-state index < -0.39 is 0 Å². The zero-order chi connectivity index (χ0) is 15.1. The van der Waals surface area contributed by atoms with Gasteiger partial charge in [0.25, 0.3) is 0 Å². The first-order chi connectivity index (χ1) is 10.2. The molecule has 0 unspecified atom stereocenters. The van der Waals surface area contributed by atoms with E-state index in [0.29, 0.717) is 16.8 Å². The van der Waals surface area contributed by atoms with Gasteiger partial charge in [0.15, 0.2) is 0 Å². The van der Waals surface area contributed by atoms with Crippen molar-refractivity contribution in [1.82, 2.24) is 9.88 Å². The molecule has 0 radical (unpaired) electrons. The van der Waals surface area contributed by atoms with E-state index in [1.54, 1.807) is 6.20 Å². The Morgan fingerprint density at radius 2 is 1.77 bits per heavy atom. The number of fused-ring (bicyclic) bond motifs is 1. The van der Waals surface area contributed by atoms with Crippen molar-refractivity contribution in [3.63, 3.8) is 0 Å². The van der Waals surface area contributed by atoms with E-state index in [2.05, 4.69) is 15.2 Å². The molecule has 0 spiro atoms. The van der Waals surface area contributed by atoms with Gasteiger partial charge in [0, 0.05) is 60.2 Å². The molecule has 122 valence electrons. The van der Waals surface area contributed by atoms with Gasteiger partial charge in [-0.25, -0.2) is 0 Å². The third kappa shape index (κ3) is 5.64. The highest BCUT2D eigenvalue weighted by Crippen LogP contribution is 2.24. The standard InChI is InChI=1S/C15H18Cl3N3.ClH/c16-4-8-21(9-5-17)10-7-20-14-3-6-19-15-11-12(18)1-2-13(14)15;/h1-3,6,11H,4-5,7-10H2,(H,19,20);1H. The maximum absolute atomic E-state index is 5.99. The Morgan fingerprint density at radius 1 is 1.05 bits per heavy atom. The summed E-state index contributed by atoms with van der Waals surface area (Å²) < 4.78 is 0. The summed E-state index contributed by atoms with van der Waals surface area (Å²) in [4.78, 5) is 6.58. The molecule has 0 saturated heterocycles. The van der Waals surface area contributed by atoms with Crippen molar-refractivity contribution in [2.24, 2.45) is 0 Å². The van der Waals surface area contributed by atoms with E-state index in [-0.39, 0.29) is 12.4 Å². The number of nitrogens with zero attached hydrogens (tertiary/aromatic N) is 2. The van der Waals surface area contributed by atoms with Crippen LogP contribution in [0, 0.1) is 0 Å². The minimum absolute atomic E-state index is 0. The summed E-state index contributed by atoms with van der Waals surface area (Å²) in [5, 5.41) is 5.21. The number of anilines is 1. The van der Waals surface area contributed by atoms with Crippen LogP contribution in [0.15, 0.2) is 30.5 Å². The smallest absolute Gasteiger partial charge is 0.0737 e. The third-order valence-corrected chi connectivity index (χ3v) is 3.82. The molecule has 7 heteroatoms. The van der Waals surface area contributed by atoms with Crippen LogP contribution < -0.4 is 5.32 Å². The van der Waals surface area contributed by atoms with Crippen LogP contribution in [0.25, 0.3) is 10.9 Å². The van der Waals surface area contributed by atoms with Gasteiger partial charge in [-0.3, -0.25) is 9.88 Å². The van der Waals surface area contributed by atoms with Gasteiger partial charge in [0.05, 0.1) is 5.52 Å². The van der Waals surface area contributed by atoms with Gasteiger partial charge in [-0.2, -0.15) is 0 Å². The highest BCUT2D eigenvalue weighted by molar-refractivity contribution is 6.31. The second-order valence-electron chi connectivity index (χ2n) is 4.67. The molecule has 2 rings (SSSR count). The fourth-order valence-corrected chi connectivity index (χ4v) is 2.84. The predicted octanol–water partition coefficient (Wildman–Crippen LogP) is 4.50. The van der Waals surface area contributed by atoms with Crippen molar-refractivity contribution < 1.29 is 0 Å². The van der Waals surface area contributed by atoms with Gasteiger partial charge < -0.3 is 5.32 Å². The summed E-state index contributed by atoms with van der Waals surface area (Å²) in [6.45, 7) is 3.43. The second-order valence-corrected chi connectivity index (χ2v) is 5.86. The fraction of sp³-hybridized carbons (Fsp3) is 0.400. The molecular weight excluding hydrogens is 364 g/mol. The van der Waals surface area contributed by atoms with Crippen molar-refractivity contribution in [2.75, 3.05) is 43.3 Å². The lowest BCUT2D eigenvalue weighted by Gasteiger charge is -2.20. The first-order valence-electron chi connectivity index (χ1n) is 6.87. The van der Waals surface area contributed by atoms with E-state index in [0.717, 1.165) is 42.8 Å². The zero-order valence-electron chi connectivity index (χ0n) is 12.1. The Labute approximate surface area is 152 Å². The minimum Gasteiger partial charge on any atom is -0.383 e. The van der Waals surface area contributed by atoms with Crippen LogP contribution >= 0.6 is 47.2 Å². The van der Waals surface area contributed by atoms with Gasteiger partial charge in [-0.05, 0) is 24.3 Å². The fourth-order valence-electron chi connectivity index (χ4n) is 2.20. The molecule has 0 fully saturated rings. The average Bonchev–Trinajstić information content (AvgIpc) is 2.47. The topological polar surface area (TPSA) is 28.2 Å². The number of rotatable bonds is 8. The summed E-state index contributed by atoms with van der Waals surface area (Å²) in [6, 6.07) is 7.71. The van der Waals surface area contributed by atoms with Crippen molar-refractivity contribution >= 4 is 63.8 Å². The number of alkyl halides is 2. The Kier molecular flexibility index (Phi) is 9.22. The largest absolute Gasteiger partial charge is 0.383 e. The molecule has 1 aromatic heterocycles. The SMILES string of the molecule is Cl.ClCCN(CCCl)CCNc1ccnc2cc(Cl)ccc12.